The fraction of sp³-hybridized carbons (Fsp3) is 0.538. The van der Waals surface area contributed by atoms with Gasteiger partial charge in [-0.15, -0.1) is 0 Å². The SMILES string of the molecule is CN(C)CCNC1CCOc2c1ccc(Cl)c2Cl. The van der Waals surface area contributed by atoms with Crippen molar-refractivity contribution in [1.29, 1.82) is 0 Å². The van der Waals surface area contributed by atoms with Crippen LogP contribution in [0.1, 0.15) is 18.0 Å². The molecule has 0 bridgehead atoms. The van der Waals surface area contributed by atoms with Gasteiger partial charge in [0.2, 0.25) is 0 Å². The van der Waals surface area contributed by atoms with Crippen molar-refractivity contribution >= 4 is 23.2 Å². The Morgan fingerprint density at radius 2 is 2.17 bits per heavy atom. The summed E-state index contributed by atoms with van der Waals surface area (Å²) in [4.78, 5) is 2.15. The van der Waals surface area contributed by atoms with E-state index in [1.165, 1.54) is 0 Å². The predicted molar refractivity (Wildman–Crippen MR) is 75.9 cm³/mol. The van der Waals surface area contributed by atoms with Crippen LogP contribution in [0, 0.1) is 0 Å². The molecule has 0 fully saturated rings. The van der Waals surface area contributed by atoms with Gasteiger partial charge in [0, 0.05) is 31.1 Å². The van der Waals surface area contributed by atoms with E-state index in [0.29, 0.717) is 22.7 Å². The second kappa shape index (κ2) is 6.11. The molecular weight excluding hydrogens is 271 g/mol. The van der Waals surface area contributed by atoms with Gasteiger partial charge in [0.15, 0.2) is 0 Å². The third kappa shape index (κ3) is 3.09. The quantitative estimate of drug-likeness (QED) is 0.922. The lowest BCUT2D eigenvalue weighted by Gasteiger charge is -2.28. The first kappa shape index (κ1) is 13.9. The molecule has 2 rings (SSSR count). The van der Waals surface area contributed by atoms with Crippen molar-refractivity contribution < 1.29 is 4.74 Å². The summed E-state index contributed by atoms with van der Waals surface area (Å²) in [6.45, 7) is 2.62. The average Bonchev–Trinajstić information content (AvgIpc) is 2.34. The molecule has 1 atom stereocenters. The van der Waals surface area contributed by atoms with Crippen LogP contribution in [-0.4, -0.2) is 38.7 Å². The van der Waals surface area contributed by atoms with Crippen LogP contribution in [-0.2, 0) is 0 Å². The molecule has 0 spiro atoms. The molecule has 0 aromatic heterocycles. The van der Waals surface area contributed by atoms with Crippen LogP contribution in [0.3, 0.4) is 0 Å². The number of fused-ring (bicyclic) bond motifs is 1. The second-order valence-electron chi connectivity index (χ2n) is 4.73. The lowest BCUT2D eigenvalue weighted by atomic mass is 10.0. The van der Waals surface area contributed by atoms with Gasteiger partial charge in [0.1, 0.15) is 10.8 Å². The second-order valence-corrected chi connectivity index (χ2v) is 5.51. The van der Waals surface area contributed by atoms with Crippen molar-refractivity contribution in [2.75, 3.05) is 33.8 Å². The van der Waals surface area contributed by atoms with Gasteiger partial charge in [-0.2, -0.15) is 0 Å². The lowest BCUT2D eigenvalue weighted by Crippen LogP contribution is -2.32. The summed E-state index contributed by atoms with van der Waals surface area (Å²) in [6.07, 6.45) is 0.957. The number of halogens is 2. The van der Waals surface area contributed by atoms with Gasteiger partial charge in [-0.05, 0) is 20.2 Å². The molecule has 0 radical (unpaired) electrons. The minimum Gasteiger partial charge on any atom is -0.492 e. The minimum absolute atomic E-state index is 0.295. The van der Waals surface area contributed by atoms with Crippen molar-refractivity contribution in [1.82, 2.24) is 10.2 Å². The van der Waals surface area contributed by atoms with E-state index in [1.807, 2.05) is 12.1 Å². The summed E-state index contributed by atoms with van der Waals surface area (Å²) in [6, 6.07) is 4.12. The highest BCUT2D eigenvalue weighted by Crippen LogP contribution is 2.41. The highest BCUT2D eigenvalue weighted by Gasteiger charge is 2.24. The number of nitrogens with one attached hydrogen (secondary N) is 1. The van der Waals surface area contributed by atoms with E-state index in [1.54, 1.807) is 0 Å². The molecule has 1 aromatic rings. The Labute approximate surface area is 118 Å². The Morgan fingerprint density at radius 1 is 1.39 bits per heavy atom. The fourth-order valence-corrected chi connectivity index (χ4v) is 2.45. The molecule has 0 aliphatic carbocycles. The van der Waals surface area contributed by atoms with E-state index in [0.717, 1.165) is 30.8 Å². The summed E-state index contributed by atoms with van der Waals surface area (Å²) < 4.78 is 5.63. The molecule has 18 heavy (non-hydrogen) atoms. The first-order chi connectivity index (χ1) is 8.59. The van der Waals surface area contributed by atoms with Gasteiger partial charge in [0.25, 0.3) is 0 Å². The monoisotopic (exact) mass is 288 g/mol. The molecule has 1 aliphatic rings. The summed E-state index contributed by atoms with van der Waals surface area (Å²) in [7, 11) is 4.13. The van der Waals surface area contributed by atoms with E-state index in [-0.39, 0.29) is 0 Å². The van der Waals surface area contributed by atoms with E-state index < -0.39 is 0 Å². The van der Waals surface area contributed by atoms with E-state index >= 15 is 0 Å². The molecule has 100 valence electrons. The Balaban J connectivity index is 2.11. The van der Waals surface area contributed by atoms with Crippen LogP contribution >= 0.6 is 23.2 Å². The molecule has 1 aliphatic heterocycles. The number of benzene rings is 1. The first-order valence-electron chi connectivity index (χ1n) is 6.08. The van der Waals surface area contributed by atoms with Crippen LogP contribution in [0.4, 0.5) is 0 Å². The number of rotatable bonds is 4. The van der Waals surface area contributed by atoms with Gasteiger partial charge in [-0.25, -0.2) is 0 Å². The Morgan fingerprint density at radius 3 is 2.89 bits per heavy atom. The van der Waals surface area contributed by atoms with Crippen molar-refractivity contribution in [3.05, 3.63) is 27.7 Å². The average molecular weight is 289 g/mol. The van der Waals surface area contributed by atoms with Crippen LogP contribution in [0.25, 0.3) is 0 Å². The van der Waals surface area contributed by atoms with E-state index in [4.69, 9.17) is 27.9 Å². The molecule has 1 N–H and O–H groups in total. The summed E-state index contributed by atoms with van der Waals surface area (Å²) in [5.74, 6) is 0.734. The van der Waals surface area contributed by atoms with Crippen LogP contribution in [0.2, 0.25) is 10.0 Å². The van der Waals surface area contributed by atoms with Gasteiger partial charge in [0.05, 0.1) is 11.6 Å². The van der Waals surface area contributed by atoms with Gasteiger partial charge in [-0.1, -0.05) is 29.3 Å². The third-order valence-electron chi connectivity index (χ3n) is 3.06. The molecular formula is C13H18Cl2N2O. The Bertz CT molecular complexity index is 424. The predicted octanol–water partition coefficient (Wildman–Crippen LogP) is 2.97. The minimum atomic E-state index is 0.295. The summed E-state index contributed by atoms with van der Waals surface area (Å²) in [5, 5.41) is 4.60. The zero-order chi connectivity index (χ0) is 13.1. The largest absolute Gasteiger partial charge is 0.492 e. The molecule has 0 saturated heterocycles. The lowest BCUT2D eigenvalue weighted by molar-refractivity contribution is 0.249. The van der Waals surface area contributed by atoms with Crippen LogP contribution in [0.15, 0.2) is 12.1 Å². The normalized spacial score (nSPS) is 18.6. The molecule has 0 saturated carbocycles. The van der Waals surface area contributed by atoms with Crippen molar-refractivity contribution in [2.24, 2.45) is 0 Å². The summed E-state index contributed by atoms with van der Waals surface area (Å²) >= 11 is 12.2. The molecule has 3 nitrogen and oxygen atoms in total. The van der Waals surface area contributed by atoms with Crippen LogP contribution < -0.4 is 10.1 Å². The van der Waals surface area contributed by atoms with E-state index in [2.05, 4.69) is 24.3 Å². The van der Waals surface area contributed by atoms with Gasteiger partial charge < -0.3 is 15.0 Å². The maximum atomic E-state index is 6.17. The van der Waals surface area contributed by atoms with Gasteiger partial charge >= 0.3 is 0 Å². The number of likely N-dealkylation sites (N-methyl/N-ethyl adjacent to an activating group) is 1. The number of nitrogens with zero attached hydrogens (tertiary/aromatic N) is 1. The maximum Gasteiger partial charge on any atom is 0.144 e. The molecule has 1 heterocycles. The highest BCUT2D eigenvalue weighted by atomic mass is 35.5. The smallest absolute Gasteiger partial charge is 0.144 e. The zero-order valence-corrected chi connectivity index (χ0v) is 12.2. The number of ether oxygens (including phenoxy) is 1. The zero-order valence-electron chi connectivity index (χ0n) is 10.7. The van der Waals surface area contributed by atoms with Crippen molar-refractivity contribution in [3.63, 3.8) is 0 Å². The van der Waals surface area contributed by atoms with E-state index in [9.17, 15) is 0 Å². The topological polar surface area (TPSA) is 24.5 Å². The van der Waals surface area contributed by atoms with Gasteiger partial charge in [-0.3, -0.25) is 0 Å². The molecule has 1 aromatic carbocycles. The van der Waals surface area contributed by atoms with Crippen molar-refractivity contribution in [3.8, 4) is 5.75 Å². The summed E-state index contributed by atoms with van der Waals surface area (Å²) in [5.41, 5.74) is 1.11. The molecule has 0 amide bonds. The Hall–Kier alpha value is -0.480. The molecule has 5 heteroatoms. The highest BCUT2D eigenvalue weighted by molar-refractivity contribution is 6.43. The van der Waals surface area contributed by atoms with Crippen LogP contribution in [0.5, 0.6) is 5.75 Å². The van der Waals surface area contributed by atoms with Crippen molar-refractivity contribution in [2.45, 2.75) is 12.5 Å². The fourth-order valence-electron chi connectivity index (χ4n) is 2.08. The maximum absolute atomic E-state index is 6.17. The third-order valence-corrected chi connectivity index (χ3v) is 3.85. The standard InChI is InChI=1S/C13H18Cl2N2O/c1-17(2)7-6-16-11-5-8-18-13-9(11)3-4-10(14)12(13)15/h3-4,11,16H,5-8H2,1-2H3. The first-order valence-corrected chi connectivity index (χ1v) is 6.84. The Kier molecular flexibility index (Phi) is 4.73. The number of hydrogen-bond donors (Lipinski definition) is 1. The molecule has 1 unspecified atom stereocenters. The number of hydrogen-bond acceptors (Lipinski definition) is 3.